The van der Waals surface area contributed by atoms with E-state index in [1.54, 1.807) is 19.1 Å². The summed E-state index contributed by atoms with van der Waals surface area (Å²) in [5.74, 6) is -0.820. The van der Waals surface area contributed by atoms with Crippen LogP contribution in [0.25, 0.3) is 55.6 Å². The van der Waals surface area contributed by atoms with E-state index in [0.717, 1.165) is 34.0 Å². The van der Waals surface area contributed by atoms with Gasteiger partial charge in [-0.1, -0.05) is 36.4 Å². The van der Waals surface area contributed by atoms with Gasteiger partial charge in [0, 0.05) is 46.2 Å². The van der Waals surface area contributed by atoms with E-state index >= 15 is 0 Å². The topological polar surface area (TPSA) is 92.6 Å². The number of nitrogens with one attached hydrogen (secondary N) is 1. The first kappa shape index (κ1) is 27.3. The number of benzene rings is 4. The fraction of sp³-hybridized carbons (Fsp3) is 0.121. The van der Waals surface area contributed by atoms with Gasteiger partial charge in [-0.25, -0.2) is 17.6 Å². The van der Waals surface area contributed by atoms with Crippen LogP contribution in [0, 0.1) is 5.82 Å². The van der Waals surface area contributed by atoms with E-state index in [9.17, 15) is 17.6 Å². The third-order valence-electron chi connectivity index (χ3n) is 7.24. The number of furan rings is 1. The minimum absolute atomic E-state index is 0.142. The van der Waals surface area contributed by atoms with Crippen LogP contribution >= 0.6 is 0 Å². The van der Waals surface area contributed by atoms with E-state index < -0.39 is 21.8 Å². The van der Waals surface area contributed by atoms with E-state index in [1.165, 1.54) is 35.6 Å². The van der Waals surface area contributed by atoms with Crippen LogP contribution in [0.4, 0.5) is 10.1 Å². The zero-order valence-electron chi connectivity index (χ0n) is 23.1. The van der Waals surface area contributed by atoms with Crippen molar-refractivity contribution in [3.05, 3.63) is 102 Å². The molecule has 0 unspecified atom stereocenters. The molecule has 0 saturated heterocycles. The van der Waals surface area contributed by atoms with E-state index in [2.05, 4.69) is 11.1 Å². The van der Waals surface area contributed by atoms with Gasteiger partial charge < -0.3 is 14.1 Å². The maximum Gasteiger partial charge on any atom is 0.342 e. The van der Waals surface area contributed by atoms with E-state index in [1.807, 2.05) is 48.5 Å². The van der Waals surface area contributed by atoms with Gasteiger partial charge in [0.1, 0.15) is 22.7 Å². The Morgan fingerprint density at radius 3 is 2.38 bits per heavy atom. The summed E-state index contributed by atoms with van der Waals surface area (Å²) < 4.78 is 51.9. The number of anilines is 1. The number of esters is 1. The number of H-pyrrole nitrogens is 1. The molecule has 9 heteroatoms. The van der Waals surface area contributed by atoms with Crippen molar-refractivity contribution >= 4 is 43.6 Å². The summed E-state index contributed by atoms with van der Waals surface area (Å²) in [5, 5.41) is 1.52. The molecule has 6 aromatic rings. The van der Waals surface area contributed by atoms with Gasteiger partial charge in [-0.2, -0.15) is 0 Å². The first-order valence-corrected chi connectivity index (χ1v) is 15.1. The van der Waals surface area contributed by atoms with Crippen molar-refractivity contribution in [1.82, 2.24) is 4.98 Å². The Balaban J connectivity index is 1.60. The highest BCUT2D eigenvalue weighted by molar-refractivity contribution is 7.92. The zero-order chi connectivity index (χ0) is 29.6. The zero-order valence-corrected chi connectivity index (χ0v) is 24.0. The summed E-state index contributed by atoms with van der Waals surface area (Å²) in [6.07, 6.45) is 1.12. The summed E-state index contributed by atoms with van der Waals surface area (Å²) in [6, 6.07) is 26.7. The fourth-order valence-electron chi connectivity index (χ4n) is 5.10. The van der Waals surface area contributed by atoms with Crippen LogP contribution in [0.5, 0.6) is 0 Å². The number of nitrogens with zero attached hydrogens (tertiary/aromatic N) is 1. The highest BCUT2D eigenvalue weighted by Crippen LogP contribution is 2.42. The van der Waals surface area contributed by atoms with Crippen molar-refractivity contribution in [2.45, 2.75) is 6.92 Å². The van der Waals surface area contributed by atoms with Gasteiger partial charge in [0.2, 0.25) is 10.0 Å². The lowest BCUT2D eigenvalue weighted by Gasteiger charge is -2.21. The molecule has 4 aromatic carbocycles. The van der Waals surface area contributed by atoms with Crippen molar-refractivity contribution in [3.63, 3.8) is 0 Å². The summed E-state index contributed by atoms with van der Waals surface area (Å²) >= 11 is 0. The van der Waals surface area contributed by atoms with Crippen molar-refractivity contribution in [2.75, 3.05) is 24.2 Å². The van der Waals surface area contributed by atoms with Crippen molar-refractivity contribution in [3.8, 4) is 33.7 Å². The number of ether oxygens (including phenoxy) is 1. The molecular formula is C33H27FN2O5S. The Bertz CT molecular complexity index is 2040. The third kappa shape index (κ3) is 4.92. The molecule has 2 heterocycles. The van der Waals surface area contributed by atoms with Crippen LogP contribution in [0.15, 0.2) is 95.4 Å². The molecule has 0 atom stereocenters. The second kappa shape index (κ2) is 10.5. The third-order valence-corrected chi connectivity index (χ3v) is 8.44. The Hall–Kier alpha value is -4.89. The largest absolute Gasteiger partial charge is 0.462 e. The van der Waals surface area contributed by atoms with Gasteiger partial charge in [0.25, 0.3) is 0 Å². The number of carbonyl (C=O) groups excluding carboxylic acids is 1. The average molecular weight is 583 g/mol. The molecule has 1 N–H and O–H groups in total. The quantitative estimate of drug-likeness (QED) is 0.195. The molecular weight excluding hydrogens is 555 g/mol. The second-order valence-electron chi connectivity index (χ2n) is 9.98. The Labute approximate surface area is 242 Å². The molecule has 0 aliphatic heterocycles. The smallest absolute Gasteiger partial charge is 0.342 e. The van der Waals surface area contributed by atoms with Crippen LogP contribution in [-0.2, 0) is 14.8 Å². The van der Waals surface area contributed by atoms with Gasteiger partial charge in [0.05, 0.1) is 18.6 Å². The second-order valence-corrected chi connectivity index (χ2v) is 12.0. The molecule has 0 aliphatic carbocycles. The predicted molar refractivity (Wildman–Crippen MR) is 164 cm³/mol. The fourth-order valence-corrected chi connectivity index (χ4v) is 5.60. The Morgan fingerprint density at radius 2 is 1.67 bits per heavy atom. The Kier molecular flexibility index (Phi) is 6.82. The number of hydrogen-bond acceptors (Lipinski definition) is 5. The molecule has 0 radical (unpaired) electrons. The van der Waals surface area contributed by atoms with E-state index in [4.69, 9.17) is 9.15 Å². The number of aromatic nitrogens is 1. The molecule has 0 aliphatic rings. The SMILES string of the molecule is CCOC(=O)c1c(-c2ccc(F)cc2)oc2cc(N(C)S(C)(=O)=O)c(-c3cccc(-c4cc5ccccc5[nH]4)c3)cc12. The summed E-state index contributed by atoms with van der Waals surface area (Å²) in [7, 11) is -2.20. The molecule has 0 bridgehead atoms. The van der Waals surface area contributed by atoms with Crippen LogP contribution in [0.1, 0.15) is 17.3 Å². The maximum atomic E-state index is 13.7. The minimum atomic E-state index is -3.67. The van der Waals surface area contributed by atoms with Crippen molar-refractivity contribution < 1.29 is 26.8 Å². The van der Waals surface area contributed by atoms with Crippen LogP contribution in [0.2, 0.25) is 0 Å². The van der Waals surface area contributed by atoms with Gasteiger partial charge in [-0.3, -0.25) is 4.31 Å². The number of rotatable bonds is 7. The lowest BCUT2D eigenvalue weighted by atomic mass is 9.97. The molecule has 6 rings (SSSR count). The van der Waals surface area contributed by atoms with Gasteiger partial charge in [-0.15, -0.1) is 0 Å². The van der Waals surface area contributed by atoms with Gasteiger partial charge in [0.15, 0.2) is 0 Å². The van der Waals surface area contributed by atoms with Crippen LogP contribution in [0.3, 0.4) is 0 Å². The van der Waals surface area contributed by atoms with Crippen molar-refractivity contribution in [2.24, 2.45) is 0 Å². The van der Waals surface area contributed by atoms with Crippen molar-refractivity contribution in [1.29, 1.82) is 0 Å². The number of sulfonamides is 1. The first-order chi connectivity index (χ1) is 20.1. The molecule has 0 saturated carbocycles. The highest BCUT2D eigenvalue weighted by atomic mass is 32.2. The Morgan fingerprint density at radius 1 is 0.929 bits per heavy atom. The van der Waals surface area contributed by atoms with E-state index in [-0.39, 0.29) is 17.9 Å². The van der Waals surface area contributed by atoms with Crippen LogP contribution in [-0.4, -0.2) is 39.3 Å². The van der Waals surface area contributed by atoms with E-state index in [0.29, 0.717) is 27.8 Å². The number of para-hydroxylation sites is 1. The molecule has 0 fully saturated rings. The van der Waals surface area contributed by atoms with Gasteiger partial charge in [-0.05, 0) is 66.6 Å². The highest BCUT2D eigenvalue weighted by Gasteiger charge is 2.27. The van der Waals surface area contributed by atoms with Crippen LogP contribution < -0.4 is 4.31 Å². The first-order valence-electron chi connectivity index (χ1n) is 13.3. The molecule has 42 heavy (non-hydrogen) atoms. The summed E-state index contributed by atoms with van der Waals surface area (Å²) in [6.45, 7) is 1.85. The lowest BCUT2D eigenvalue weighted by Crippen LogP contribution is -2.25. The normalized spacial score (nSPS) is 11.7. The minimum Gasteiger partial charge on any atom is -0.462 e. The molecule has 2 aromatic heterocycles. The lowest BCUT2D eigenvalue weighted by molar-refractivity contribution is 0.0528. The number of carbonyl (C=O) groups is 1. The number of halogens is 1. The monoisotopic (exact) mass is 582 g/mol. The number of fused-ring (bicyclic) bond motifs is 2. The summed E-state index contributed by atoms with van der Waals surface area (Å²) in [5.41, 5.74) is 5.45. The molecule has 7 nitrogen and oxygen atoms in total. The number of hydrogen-bond donors (Lipinski definition) is 1. The average Bonchev–Trinajstić information content (AvgIpc) is 3.58. The predicted octanol–water partition coefficient (Wildman–Crippen LogP) is 7.63. The summed E-state index contributed by atoms with van der Waals surface area (Å²) in [4.78, 5) is 16.7. The van der Waals surface area contributed by atoms with Gasteiger partial charge >= 0.3 is 5.97 Å². The molecule has 212 valence electrons. The molecule has 0 spiro atoms. The standard InChI is InChI=1S/C33H27FN2O5S/c1-4-40-33(37)31-26-18-25(21-9-7-10-22(16-21)28-17-23-8-5-6-11-27(23)35-28)29(36(2)42(3,38)39)19-30(26)41-32(31)20-12-14-24(34)15-13-20/h5-19,35H,4H2,1-3H3. The molecule has 0 amide bonds. The number of aromatic amines is 1. The maximum absolute atomic E-state index is 13.7.